The van der Waals surface area contributed by atoms with Crippen LogP contribution in [0.25, 0.3) is 5.82 Å². The molecule has 0 aromatic carbocycles. The van der Waals surface area contributed by atoms with Crippen molar-refractivity contribution >= 4 is 11.7 Å². The van der Waals surface area contributed by atoms with Crippen LogP contribution in [-0.4, -0.2) is 49.5 Å². The Balaban J connectivity index is 2.08. The van der Waals surface area contributed by atoms with Gasteiger partial charge in [0.2, 0.25) is 0 Å². The van der Waals surface area contributed by atoms with Gasteiger partial charge in [0, 0.05) is 12.2 Å². The van der Waals surface area contributed by atoms with Gasteiger partial charge in [-0.15, -0.1) is 0 Å². The van der Waals surface area contributed by atoms with Gasteiger partial charge in [0.25, 0.3) is 0 Å². The number of amides is 2. The van der Waals surface area contributed by atoms with E-state index in [-0.39, 0.29) is 12.6 Å². The minimum Gasteiger partial charge on any atom is -0.389 e. The number of urea groups is 1. The summed E-state index contributed by atoms with van der Waals surface area (Å²) >= 11 is 0. The number of anilines is 1. The fourth-order valence-corrected chi connectivity index (χ4v) is 2.44. The maximum atomic E-state index is 12.3. The summed E-state index contributed by atoms with van der Waals surface area (Å²) in [5.74, 6) is 0.697. The molecule has 0 radical (unpaired) electrons. The molecule has 2 N–H and O–H groups in total. The fourth-order valence-electron chi connectivity index (χ4n) is 2.44. The molecule has 0 aliphatic rings. The SMILES string of the molecule is CCN(CC(C)(C)O)C(=O)Nc1ccc(-n2nc(C)cc2C)nc1. The van der Waals surface area contributed by atoms with Crippen LogP contribution in [0.1, 0.15) is 32.2 Å². The zero-order valence-electron chi connectivity index (χ0n) is 14.9. The molecule has 2 amide bonds. The van der Waals surface area contributed by atoms with Gasteiger partial charge in [-0.3, -0.25) is 0 Å². The monoisotopic (exact) mass is 331 g/mol. The van der Waals surface area contributed by atoms with Crippen molar-refractivity contribution in [3.05, 3.63) is 35.8 Å². The maximum Gasteiger partial charge on any atom is 0.321 e. The molecule has 0 saturated carbocycles. The van der Waals surface area contributed by atoms with Gasteiger partial charge in [0.15, 0.2) is 5.82 Å². The lowest BCUT2D eigenvalue weighted by atomic mass is 10.1. The second kappa shape index (κ2) is 7.00. The van der Waals surface area contributed by atoms with Crippen molar-refractivity contribution in [1.29, 1.82) is 0 Å². The number of hydrogen-bond acceptors (Lipinski definition) is 4. The standard InChI is InChI=1S/C17H25N5O2/c1-6-21(11-17(4,5)24)16(23)19-14-7-8-15(18-10-14)22-13(3)9-12(2)20-22/h7-10,24H,6,11H2,1-5H3,(H,19,23). The summed E-state index contributed by atoms with van der Waals surface area (Å²) in [5, 5.41) is 17.1. The Morgan fingerprint density at radius 2 is 2.08 bits per heavy atom. The summed E-state index contributed by atoms with van der Waals surface area (Å²) in [6.45, 7) is 9.88. The molecule has 0 atom stereocenters. The van der Waals surface area contributed by atoms with Crippen molar-refractivity contribution < 1.29 is 9.90 Å². The zero-order chi connectivity index (χ0) is 17.9. The maximum absolute atomic E-state index is 12.3. The molecule has 0 bridgehead atoms. The van der Waals surface area contributed by atoms with Crippen LogP contribution >= 0.6 is 0 Å². The lowest BCUT2D eigenvalue weighted by molar-refractivity contribution is 0.0501. The van der Waals surface area contributed by atoms with E-state index in [4.69, 9.17) is 0 Å². The average Bonchev–Trinajstić information content (AvgIpc) is 2.83. The van der Waals surface area contributed by atoms with Crippen molar-refractivity contribution in [2.24, 2.45) is 0 Å². The molecule has 2 aromatic rings. The highest BCUT2D eigenvalue weighted by Gasteiger charge is 2.21. The second-order valence-corrected chi connectivity index (χ2v) is 6.50. The van der Waals surface area contributed by atoms with Crippen LogP contribution < -0.4 is 5.32 Å². The smallest absolute Gasteiger partial charge is 0.321 e. The van der Waals surface area contributed by atoms with Crippen molar-refractivity contribution in [3.63, 3.8) is 0 Å². The Bertz CT molecular complexity index is 701. The Morgan fingerprint density at radius 1 is 1.38 bits per heavy atom. The van der Waals surface area contributed by atoms with E-state index >= 15 is 0 Å². The zero-order valence-corrected chi connectivity index (χ0v) is 14.9. The molecule has 0 aliphatic carbocycles. The first kappa shape index (κ1) is 17.9. The molecule has 2 heterocycles. The second-order valence-electron chi connectivity index (χ2n) is 6.50. The van der Waals surface area contributed by atoms with E-state index in [0.717, 1.165) is 11.4 Å². The summed E-state index contributed by atoms with van der Waals surface area (Å²) in [5.41, 5.74) is 1.58. The fraction of sp³-hybridized carbons (Fsp3) is 0.471. The Labute approximate surface area is 142 Å². The Kier molecular flexibility index (Phi) is 5.23. The number of rotatable bonds is 5. The lowest BCUT2D eigenvalue weighted by Crippen LogP contribution is -2.44. The first-order valence-electron chi connectivity index (χ1n) is 7.97. The number of aromatic nitrogens is 3. The number of carbonyl (C=O) groups is 1. The summed E-state index contributed by atoms with van der Waals surface area (Å²) in [7, 11) is 0. The third-order valence-electron chi connectivity index (χ3n) is 3.47. The van der Waals surface area contributed by atoms with Gasteiger partial charge in [0.1, 0.15) is 0 Å². The Hall–Kier alpha value is -2.41. The van der Waals surface area contributed by atoms with E-state index in [0.29, 0.717) is 18.1 Å². The van der Waals surface area contributed by atoms with Crippen LogP contribution in [0.2, 0.25) is 0 Å². The number of pyridine rings is 1. The molecule has 2 aromatic heterocycles. The van der Waals surface area contributed by atoms with Gasteiger partial charge >= 0.3 is 6.03 Å². The van der Waals surface area contributed by atoms with Crippen LogP contribution in [0.3, 0.4) is 0 Å². The van der Waals surface area contributed by atoms with Crippen LogP contribution in [0, 0.1) is 13.8 Å². The molecule has 2 rings (SSSR count). The number of hydrogen-bond donors (Lipinski definition) is 2. The number of aliphatic hydroxyl groups is 1. The van der Waals surface area contributed by atoms with Crippen molar-refractivity contribution in [2.45, 2.75) is 40.2 Å². The highest BCUT2D eigenvalue weighted by atomic mass is 16.3. The molecule has 130 valence electrons. The van der Waals surface area contributed by atoms with Gasteiger partial charge in [-0.25, -0.2) is 14.5 Å². The van der Waals surface area contributed by atoms with Crippen molar-refractivity contribution in [2.75, 3.05) is 18.4 Å². The van der Waals surface area contributed by atoms with Gasteiger partial charge in [-0.05, 0) is 52.8 Å². The highest BCUT2D eigenvalue weighted by Crippen LogP contribution is 2.14. The summed E-state index contributed by atoms with van der Waals surface area (Å²) in [6, 6.07) is 5.31. The van der Waals surface area contributed by atoms with Gasteiger partial charge in [-0.2, -0.15) is 5.10 Å². The third kappa shape index (κ3) is 4.55. The predicted octanol–water partition coefficient (Wildman–Crippen LogP) is 2.51. The summed E-state index contributed by atoms with van der Waals surface area (Å²) in [4.78, 5) is 18.2. The molecule has 0 fully saturated rings. The first-order valence-corrected chi connectivity index (χ1v) is 7.97. The van der Waals surface area contributed by atoms with E-state index in [1.165, 1.54) is 0 Å². The van der Waals surface area contributed by atoms with Crippen LogP contribution in [0.15, 0.2) is 24.4 Å². The van der Waals surface area contributed by atoms with E-state index in [1.807, 2.05) is 26.8 Å². The number of likely N-dealkylation sites (N-methyl/N-ethyl adjacent to an activating group) is 1. The molecule has 7 nitrogen and oxygen atoms in total. The van der Waals surface area contributed by atoms with Gasteiger partial charge in [-0.1, -0.05) is 0 Å². The molecular formula is C17H25N5O2. The molecule has 0 unspecified atom stereocenters. The number of nitrogens with zero attached hydrogens (tertiary/aromatic N) is 4. The molecule has 24 heavy (non-hydrogen) atoms. The minimum atomic E-state index is -0.940. The molecular weight excluding hydrogens is 306 g/mol. The third-order valence-corrected chi connectivity index (χ3v) is 3.47. The largest absolute Gasteiger partial charge is 0.389 e. The van der Waals surface area contributed by atoms with Crippen LogP contribution in [-0.2, 0) is 0 Å². The predicted molar refractivity (Wildman–Crippen MR) is 93.4 cm³/mol. The first-order chi connectivity index (χ1) is 11.2. The minimum absolute atomic E-state index is 0.257. The molecule has 7 heteroatoms. The van der Waals surface area contributed by atoms with Crippen molar-refractivity contribution in [3.8, 4) is 5.82 Å². The van der Waals surface area contributed by atoms with E-state index in [2.05, 4.69) is 15.4 Å². The van der Waals surface area contributed by atoms with E-state index < -0.39 is 5.60 Å². The van der Waals surface area contributed by atoms with Gasteiger partial charge < -0.3 is 15.3 Å². The van der Waals surface area contributed by atoms with E-state index in [1.54, 1.807) is 41.8 Å². The quantitative estimate of drug-likeness (QED) is 0.882. The number of nitrogens with one attached hydrogen (secondary N) is 1. The summed E-state index contributed by atoms with van der Waals surface area (Å²) < 4.78 is 1.76. The Morgan fingerprint density at radius 3 is 2.54 bits per heavy atom. The van der Waals surface area contributed by atoms with Crippen LogP contribution in [0.4, 0.5) is 10.5 Å². The van der Waals surface area contributed by atoms with Gasteiger partial charge in [0.05, 0.1) is 29.7 Å². The number of carbonyl (C=O) groups excluding carboxylic acids is 1. The van der Waals surface area contributed by atoms with Crippen LogP contribution in [0.5, 0.6) is 0 Å². The topological polar surface area (TPSA) is 83.3 Å². The highest BCUT2D eigenvalue weighted by molar-refractivity contribution is 5.89. The summed E-state index contributed by atoms with van der Waals surface area (Å²) in [6.07, 6.45) is 1.60. The molecule has 0 saturated heterocycles. The molecule has 0 spiro atoms. The lowest BCUT2D eigenvalue weighted by Gasteiger charge is -2.28. The van der Waals surface area contributed by atoms with Crippen molar-refractivity contribution in [1.82, 2.24) is 19.7 Å². The molecule has 0 aliphatic heterocycles. The van der Waals surface area contributed by atoms with E-state index in [9.17, 15) is 9.90 Å². The normalized spacial score (nSPS) is 11.4. The average molecular weight is 331 g/mol. The number of aryl methyl sites for hydroxylation is 2.